The molecule has 0 spiro atoms. The van der Waals surface area contributed by atoms with Gasteiger partial charge in [-0.05, 0) is 72.6 Å². The number of nitrogens with zero attached hydrogens (tertiary/aromatic N) is 3. The maximum Gasteiger partial charge on any atom is 0.422 e. The van der Waals surface area contributed by atoms with Gasteiger partial charge in [-0.2, -0.15) is 28.1 Å². The van der Waals surface area contributed by atoms with Gasteiger partial charge in [0.25, 0.3) is 5.91 Å². The Hall–Kier alpha value is -5.19. The number of amides is 3. The largest absolute Gasteiger partial charge is 0.467 e. The zero-order valence-electron chi connectivity index (χ0n) is 29.2. The molecule has 2 aliphatic carbocycles. The molecule has 2 aliphatic rings. The molecule has 3 aromatic rings. The lowest BCUT2D eigenvalue weighted by molar-refractivity contribution is -0.154. The van der Waals surface area contributed by atoms with Crippen LogP contribution in [0.15, 0.2) is 48.5 Å². The van der Waals surface area contributed by atoms with Gasteiger partial charge in [0.05, 0.1) is 12.6 Å². The third-order valence-corrected chi connectivity index (χ3v) is 9.87. The molecular formula is C35H40ClF3N8O6. The lowest BCUT2D eigenvalue weighted by Gasteiger charge is -2.19. The summed E-state index contributed by atoms with van der Waals surface area (Å²) in [6.07, 6.45) is -0.244. The van der Waals surface area contributed by atoms with Gasteiger partial charge in [-0.3, -0.25) is 14.4 Å². The Morgan fingerprint density at radius 3 is 2.15 bits per heavy atom. The Bertz CT molecular complexity index is 1800. The van der Waals surface area contributed by atoms with E-state index < -0.39 is 60.6 Å². The molecule has 1 aromatic heterocycles. The fraction of sp³-hybridized carbons (Fsp3) is 0.457. The van der Waals surface area contributed by atoms with E-state index in [1.807, 2.05) is 12.1 Å². The molecule has 0 radical (unpaired) electrons. The minimum Gasteiger partial charge on any atom is -0.467 e. The number of anilines is 3. The summed E-state index contributed by atoms with van der Waals surface area (Å²) in [5.74, 6) is -3.20. The third kappa shape index (κ3) is 10.2. The van der Waals surface area contributed by atoms with Crippen LogP contribution in [0.5, 0.6) is 6.01 Å². The third-order valence-electron chi connectivity index (χ3n) is 9.62. The molecule has 1 unspecified atom stereocenters. The highest BCUT2D eigenvalue weighted by Crippen LogP contribution is 2.57. The Balaban J connectivity index is 1.20. The quantitative estimate of drug-likeness (QED) is 0.101. The van der Waals surface area contributed by atoms with Crippen molar-refractivity contribution in [3.63, 3.8) is 0 Å². The first-order valence-electron chi connectivity index (χ1n) is 17.0. The number of aromatic nitrogens is 3. The molecule has 2 atom stereocenters. The molecular weight excluding hydrogens is 721 g/mol. The van der Waals surface area contributed by atoms with Crippen LogP contribution in [-0.2, 0) is 24.7 Å². The fourth-order valence-corrected chi connectivity index (χ4v) is 6.22. The number of carbonyl (C=O) groups excluding carboxylic acids is 4. The first kappa shape index (κ1) is 39.0. The Morgan fingerprint density at radius 2 is 1.57 bits per heavy atom. The van der Waals surface area contributed by atoms with E-state index in [1.54, 1.807) is 12.1 Å². The smallest absolute Gasteiger partial charge is 0.422 e. The van der Waals surface area contributed by atoms with E-state index in [9.17, 15) is 32.3 Å². The summed E-state index contributed by atoms with van der Waals surface area (Å²) in [6, 6.07) is 11.0. The molecule has 0 aliphatic heterocycles. The van der Waals surface area contributed by atoms with Crippen molar-refractivity contribution in [3.05, 3.63) is 64.7 Å². The number of halogens is 4. The number of nitrogens with one attached hydrogen (secondary N) is 5. The number of esters is 1. The minimum absolute atomic E-state index is 0.0283. The lowest BCUT2D eigenvalue weighted by Crippen LogP contribution is -2.51. The van der Waals surface area contributed by atoms with Crippen molar-refractivity contribution in [2.24, 2.45) is 11.3 Å². The first-order chi connectivity index (χ1) is 25.2. The molecule has 0 saturated heterocycles. The summed E-state index contributed by atoms with van der Waals surface area (Å²) >= 11 is 6.03. The average molecular weight is 761 g/mol. The van der Waals surface area contributed by atoms with Crippen LogP contribution in [0, 0.1) is 11.3 Å². The van der Waals surface area contributed by atoms with Gasteiger partial charge in [0.15, 0.2) is 6.61 Å². The van der Waals surface area contributed by atoms with Gasteiger partial charge in [0, 0.05) is 29.4 Å². The number of benzene rings is 2. The number of rotatable bonds is 16. The van der Waals surface area contributed by atoms with Crippen molar-refractivity contribution >= 4 is 52.9 Å². The van der Waals surface area contributed by atoms with Crippen LogP contribution in [-0.4, -0.2) is 77.7 Å². The second-order valence-electron chi connectivity index (χ2n) is 13.0. The van der Waals surface area contributed by atoms with Gasteiger partial charge in [0.2, 0.25) is 11.9 Å². The minimum atomic E-state index is -4.63. The van der Waals surface area contributed by atoms with E-state index in [-0.39, 0.29) is 22.9 Å². The SMILES string of the molecule is CCC1(CC)CC1CNC(=O)C(=O)NC[C@H](NC(=O)c1ccc(Nc2nc(NC3(c4ccc(Cl)cc4)CC3)nc(OCC(F)(F)F)n2)cc1)C(=O)OC. The maximum absolute atomic E-state index is 13.1. The Labute approximate surface area is 308 Å². The average Bonchev–Trinajstić information content (AvgIpc) is 4.07. The van der Waals surface area contributed by atoms with E-state index in [2.05, 4.69) is 55.4 Å². The van der Waals surface area contributed by atoms with Crippen molar-refractivity contribution in [1.29, 1.82) is 0 Å². The van der Waals surface area contributed by atoms with Crippen molar-refractivity contribution < 1.29 is 41.8 Å². The van der Waals surface area contributed by atoms with Crippen LogP contribution in [0.3, 0.4) is 0 Å². The van der Waals surface area contributed by atoms with E-state index in [4.69, 9.17) is 21.1 Å². The van der Waals surface area contributed by atoms with Crippen LogP contribution < -0.4 is 31.3 Å². The summed E-state index contributed by atoms with van der Waals surface area (Å²) in [6.45, 7) is 2.55. The standard InChI is InChI=1S/C35H40ClF3N8O6/c1-4-33(5-2)16-22(33)17-40-27(49)28(50)41-18-25(29(51)52-3)43-26(48)20-6-12-24(13-7-20)42-30-44-31(46-32(45-30)53-19-35(37,38)39)47-34(14-15-34)21-8-10-23(36)11-9-21/h6-13,22,25H,4-5,14-19H2,1-3H3,(H,40,49)(H,41,50)(H,43,48)(H2,42,44,45,46,47)/t22?,25-/m0/s1. The Kier molecular flexibility index (Phi) is 11.9. The molecule has 1 heterocycles. The Morgan fingerprint density at radius 1 is 0.925 bits per heavy atom. The van der Waals surface area contributed by atoms with Crippen LogP contribution >= 0.6 is 11.6 Å². The van der Waals surface area contributed by atoms with E-state index in [0.717, 1.165) is 31.9 Å². The van der Waals surface area contributed by atoms with E-state index >= 15 is 0 Å². The molecule has 3 amide bonds. The van der Waals surface area contributed by atoms with Gasteiger partial charge in [-0.25, -0.2) is 4.79 Å². The number of carbonyl (C=O) groups is 4. The monoisotopic (exact) mass is 760 g/mol. The number of hydrogen-bond acceptors (Lipinski definition) is 11. The highest BCUT2D eigenvalue weighted by atomic mass is 35.5. The highest BCUT2D eigenvalue weighted by Gasteiger charge is 2.50. The summed E-state index contributed by atoms with van der Waals surface area (Å²) in [7, 11) is 1.11. The predicted octanol–water partition coefficient (Wildman–Crippen LogP) is 4.64. The van der Waals surface area contributed by atoms with Crippen molar-refractivity contribution in [1.82, 2.24) is 30.9 Å². The van der Waals surface area contributed by atoms with Gasteiger partial charge >= 0.3 is 30.0 Å². The second-order valence-corrected chi connectivity index (χ2v) is 13.5. The number of hydrogen-bond donors (Lipinski definition) is 5. The summed E-state index contributed by atoms with van der Waals surface area (Å²) < 4.78 is 48.4. The van der Waals surface area contributed by atoms with Crippen LogP contribution in [0.1, 0.15) is 61.9 Å². The number of ether oxygens (including phenoxy) is 2. The molecule has 5 N–H and O–H groups in total. The summed E-state index contributed by atoms with van der Waals surface area (Å²) in [5.41, 5.74) is 0.999. The maximum atomic E-state index is 13.1. The zero-order valence-corrected chi connectivity index (χ0v) is 30.0. The van der Waals surface area contributed by atoms with Gasteiger partial charge in [-0.15, -0.1) is 0 Å². The predicted molar refractivity (Wildman–Crippen MR) is 187 cm³/mol. The first-order valence-corrected chi connectivity index (χ1v) is 17.4. The van der Waals surface area contributed by atoms with E-state index in [1.165, 1.54) is 24.3 Å². The van der Waals surface area contributed by atoms with Crippen molar-refractivity contribution in [2.75, 3.05) is 37.4 Å². The number of alkyl halides is 3. The van der Waals surface area contributed by atoms with Gasteiger partial charge in [0.1, 0.15) is 6.04 Å². The van der Waals surface area contributed by atoms with Crippen molar-refractivity contribution in [3.8, 4) is 6.01 Å². The molecule has 284 valence electrons. The molecule has 5 rings (SSSR count). The second kappa shape index (κ2) is 16.2. The normalized spacial score (nSPS) is 17.1. The highest BCUT2D eigenvalue weighted by molar-refractivity contribution is 6.35. The summed E-state index contributed by atoms with van der Waals surface area (Å²) in [5, 5.41) is 14.1. The molecule has 0 bridgehead atoms. The molecule has 2 saturated carbocycles. The molecule has 14 nitrogen and oxygen atoms in total. The van der Waals surface area contributed by atoms with E-state index in [0.29, 0.717) is 36.0 Å². The van der Waals surface area contributed by atoms with Gasteiger partial charge < -0.3 is 36.1 Å². The topological polar surface area (TPSA) is 186 Å². The van der Waals surface area contributed by atoms with Crippen LogP contribution in [0.4, 0.5) is 30.8 Å². The molecule has 18 heteroatoms. The molecule has 2 aromatic carbocycles. The van der Waals surface area contributed by atoms with Gasteiger partial charge in [-0.1, -0.05) is 50.4 Å². The van der Waals surface area contributed by atoms with Crippen LogP contribution in [0.25, 0.3) is 0 Å². The van der Waals surface area contributed by atoms with Crippen LogP contribution in [0.2, 0.25) is 5.02 Å². The fourth-order valence-electron chi connectivity index (χ4n) is 6.09. The summed E-state index contributed by atoms with van der Waals surface area (Å²) in [4.78, 5) is 62.6. The number of methoxy groups -OCH3 is 1. The lowest BCUT2D eigenvalue weighted by atomic mass is 9.97. The molecule has 53 heavy (non-hydrogen) atoms. The van der Waals surface area contributed by atoms with Crippen molar-refractivity contribution in [2.45, 2.75) is 63.7 Å². The molecule has 2 fully saturated rings. The zero-order chi connectivity index (χ0) is 38.4.